The van der Waals surface area contributed by atoms with Crippen LogP contribution in [0.5, 0.6) is 0 Å². The largest absolute Gasteiger partial charge is 0.379 e. The SMILES string of the molecule is CC1(CNC2CCCC2C2COCCN2)CCCS1.Cl. The summed E-state index contributed by atoms with van der Waals surface area (Å²) in [5.74, 6) is 2.12. The van der Waals surface area contributed by atoms with Crippen LogP contribution in [0.1, 0.15) is 39.0 Å². The lowest BCUT2D eigenvalue weighted by molar-refractivity contribution is 0.0524. The lowest BCUT2D eigenvalue weighted by atomic mass is 9.93. The first-order valence-electron chi connectivity index (χ1n) is 7.95. The van der Waals surface area contributed by atoms with Crippen LogP contribution in [0.15, 0.2) is 0 Å². The zero-order valence-electron chi connectivity index (χ0n) is 12.5. The summed E-state index contributed by atoms with van der Waals surface area (Å²) in [6.45, 7) is 6.45. The van der Waals surface area contributed by atoms with E-state index in [1.807, 2.05) is 0 Å². The van der Waals surface area contributed by atoms with Crippen molar-refractivity contribution in [3.8, 4) is 0 Å². The van der Waals surface area contributed by atoms with E-state index in [1.54, 1.807) is 0 Å². The second-order valence-corrected chi connectivity index (χ2v) is 8.30. The third-order valence-corrected chi connectivity index (χ3v) is 6.61. The molecule has 3 rings (SSSR count). The lowest BCUT2D eigenvalue weighted by Crippen LogP contribution is -2.52. The van der Waals surface area contributed by atoms with E-state index in [-0.39, 0.29) is 12.4 Å². The Morgan fingerprint density at radius 2 is 2.25 bits per heavy atom. The number of hydrogen-bond donors (Lipinski definition) is 2. The fraction of sp³-hybridized carbons (Fsp3) is 1.00. The van der Waals surface area contributed by atoms with Crippen LogP contribution in [0.25, 0.3) is 0 Å². The van der Waals surface area contributed by atoms with Crippen LogP contribution in [-0.4, -0.2) is 48.9 Å². The maximum Gasteiger partial charge on any atom is 0.0623 e. The summed E-state index contributed by atoms with van der Waals surface area (Å²) >= 11 is 2.16. The number of halogens is 1. The van der Waals surface area contributed by atoms with Gasteiger partial charge in [-0.05, 0) is 44.3 Å². The minimum atomic E-state index is 0. The Kier molecular flexibility index (Phi) is 6.49. The number of hydrogen-bond acceptors (Lipinski definition) is 4. The number of morpholine rings is 1. The Bertz CT molecular complexity index is 294. The summed E-state index contributed by atoms with van der Waals surface area (Å²) in [7, 11) is 0. The Labute approximate surface area is 133 Å². The van der Waals surface area contributed by atoms with Gasteiger partial charge in [0.2, 0.25) is 0 Å². The highest BCUT2D eigenvalue weighted by molar-refractivity contribution is 8.00. The van der Waals surface area contributed by atoms with Crippen molar-refractivity contribution in [1.82, 2.24) is 10.6 Å². The monoisotopic (exact) mass is 320 g/mol. The molecule has 0 aromatic heterocycles. The Morgan fingerprint density at radius 3 is 2.95 bits per heavy atom. The van der Waals surface area contributed by atoms with E-state index in [0.717, 1.165) is 25.7 Å². The second-order valence-electron chi connectivity index (χ2n) is 6.62. The van der Waals surface area contributed by atoms with Gasteiger partial charge in [0.15, 0.2) is 0 Å². The van der Waals surface area contributed by atoms with Gasteiger partial charge in [0, 0.05) is 29.9 Å². The summed E-state index contributed by atoms with van der Waals surface area (Å²) in [6.07, 6.45) is 6.87. The summed E-state index contributed by atoms with van der Waals surface area (Å²) < 4.78 is 6.14. The Balaban J connectivity index is 0.00000147. The average molecular weight is 321 g/mol. The van der Waals surface area contributed by atoms with Crippen molar-refractivity contribution in [3.63, 3.8) is 0 Å². The summed E-state index contributed by atoms with van der Waals surface area (Å²) in [5, 5.41) is 7.55. The van der Waals surface area contributed by atoms with Gasteiger partial charge < -0.3 is 15.4 Å². The van der Waals surface area contributed by atoms with Gasteiger partial charge in [-0.15, -0.1) is 12.4 Å². The van der Waals surface area contributed by atoms with Crippen LogP contribution in [0, 0.1) is 5.92 Å². The number of rotatable bonds is 4. The molecule has 2 heterocycles. The third kappa shape index (κ3) is 4.04. The van der Waals surface area contributed by atoms with Crippen molar-refractivity contribution in [2.24, 2.45) is 5.92 Å². The molecule has 0 bridgehead atoms. The maximum atomic E-state index is 5.65. The molecule has 20 heavy (non-hydrogen) atoms. The molecule has 3 aliphatic rings. The Hall–Kier alpha value is 0.520. The van der Waals surface area contributed by atoms with Crippen molar-refractivity contribution in [2.45, 2.75) is 55.9 Å². The minimum absolute atomic E-state index is 0. The van der Waals surface area contributed by atoms with Crippen molar-refractivity contribution in [2.75, 3.05) is 32.1 Å². The van der Waals surface area contributed by atoms with E-state index in [9.17, 15) is 0 Å². The van der Waals surface area contributed by atoms with Crippen LogP contribution < -0.4 is 10.6 Å². The molecule has 2 N–H and O–H groups in total. The van der Waals surface area contributed by atoms with Gasteiger partial charge in [0.1, 0.15) is 0 Å². The smallest absolute Gasteiger partial charge is 0.0623 e. The minimum Gasteiger partial charge on any atom is -0.379 e. The van der Waals surface area contributed by atoms with Crippen molar-refractivity contribution in [3.05, 3.63) is 0 Å². The predicted molar refractivity (Wildman–Crippen MR) is 89.1 cm³/mol. The van der Waals surface area contributed by atoms with Gasteiger partial charge in [-0.25, -0.2) is 0 Å². The van der Waals surface area contributed by atoms with Crippen molar-refractivity contribution in [1.29, 1.82) is 0 Å². The molecule has 2 saturated heterocycles. The summed E-state index contributed by atoms with van der Waals surface area (Å²) in [5.41, 5.74) is 0. The van der Waals surface area contributed by atoms with Crippen molar-refractivity contribution >= 4 is 24.2 Å². The molecule has 2 aliphatic heterocycles. The van der Waals surface area contributed by atoms with Crippen LogP contribution >= 0.6 is 24.2 Å². The van der Waals surface area contributed by atoms with Crippen LogP contribution in [-0.2, 0) is 4.74 Å². The molecular weight excluding hydrogens is 292 g/mol. The van der Waals surface area contributed by atoms with Gasteiger partial charge in [0.25, 0.3) is 0 Å². The Morgan fingerprint density at radius 1 is 1.35 bits per heavy atom. The molecule has 3 fully saturated rings. The molecule has 0 spiro atoms. The number of nitrogens with one attached hydrogen (secondary N) is 2. The topological polar surface area (TPSA) is 33.3 Å². The zero-order chi connectivity index (χ0) is 13.1. The van der Waals surface area contributed by atoms with Crippen LogP contribution in [0.2, 0.25) is 0 Å². The van der Waals surface area contributed by atoms with Gasteiger partial charge >= 0.3 is 0 Å². The molecule has 3 nitrogen and oxygen atoms in total. The number of ether oxygens (including phenoxy) is 1. The predicted octanol–water partition coefficient (Wildman–Crippen LogP) is 2.44. The fourth-order valence-electron chi connectivity index (χ4n) is 3.91. The van der Waals surface area contributed by atoms with E-state index in [0.29, 0.717) is 16.8 Å². The molecule has 4 atom stereocenters. The molecule has 0 amide bonds. The van der Waals surface area contributed by atoms with E-state index < -0.39 is 0 Å². The molecule has 0 aromatic carbocycles. The van der Waals surface area contributed by atoms with E-state index in [1.165, 1.54) is 44.4 Å². The number of thioether (sulfide) groups is 1. The van der Waals surface area contributed by atoms with Crippen LogP contribution in [0.4, 0.5) is 0 Å². The lowest BCUT2D eigenvalue weighted by Gasteiger charge is -2.34. The average Bonchev–Trinajstić information content (AvgIpc) is 3.07. The van der Waals surface area contributed by atoms with Gasteiger partial charge in [-0.3, -0.25) is 0 Å². The summed E-state index contributed by atoms with van der Waals surface area (Å²) in [4.78, 5) is 0. The highest BCUT2D eigenvalue weighted by Crippen LogP contribution is 2.38. The fourth-order valence-corrected chi connectivity index (χ4v) is 5.16. The summed E-state index contributed by atoms with van der Waals surface area (Å²) in [6, 6.07) is 1.29. The molecule has 1 saturated carbocycles. The third-order valence-electron chi connectivity index (χ3n) is 5.08. The molecule has 4 unspecified atom stereocenters. The molecule has 0 radical (unpaired) electrons. The first-order chi connectivity index (χ1) is 9.27. The first-order valence-corrected chi connectivity index (χ1v) is 8.94. The molecule has 0 aromatic rings. The van der Waals surface area contributed by atoms with Crippen LogP contribution in [0.3, 0.4) is 0 Å². The van der Waals surface area contributed by atoms with Gasteiger partial charge in [0.05, 0.1) is 13.2 Å². The normalized spacial score (nSPS) is 41.5. The van der Waals surface area contributed by atoms with Crippen molar-refractivity contribution < 1.29 is 4.74 Å². The zero-order valence-corrected chi connectivity index (χ0v) is 14.2. The van der Waals surface area contributed by atoms with Gasteiger partial charge in [-0.1, -0.05) is 6.42 Å². The maximum absolute atomic E-state index is 5.65. The highest BCUT2D eigenvalue weighted by Gasteiger charge is 2.36. The van der Waals surface area contributed by atoms with E-state index in [2.05, 4.69) is 29.3 Å². The van der Waals surface area contributed by atoms with E-state index >= 15 is 0 Å². The second kappa shape index (κ2) is 7.68. The standard InChI is InChI=1S/C15H28N2OS.ClH/c1-15(6-3-9-19-15)11-17-13-5-2-4-12(13)14-10-18-8-7-16-14;/h12-14,16-17H,2-11H2,1H3;1H. The quantitative estimate of drug-likeness (QED) is 0.833. The molecule has 118 valence electrons. The highest BCUT2D eigenvalue weighted by atomic mass is 35.5. The molecule has 1 aliphatic carbocycles. The molecular formula is C15H29ClN2OS. The van der Waals surface area contributed by atoms with E-state index in [4.69, 9.17) is 4.74 Å². The molecule has 5 heteroatoms. The first kappa shape index (κ1) is 16.9. The van der Waals surface area contributed by atoms with Gasteiger partial charge in [-0.2, -0.15) is 11.8 Å².